The van der Waals surface area contributed by atoms with Crippen molar-refractivity contribution in [2.75, 3.05) is 13.6 Å². The van der Waals surface area contributed by atoms with Crippen LogP contribution in [0.5, 0.6) is 0 Å². The van der Waals surface area contributed by atoms with E-state index in [0.29, 0.717) is 0 Å². The fourth-order valence-electron chi connectivity index (χ4n) is 0.831. The lowest BCUT2D eigenvalue weighted by molar-refractivity contribution is 0.478. The molecule has 0 unspecified atom stereocenters. The van der Waals surface area contributed by atoms with Crippen molar-refractivity contribution in [3.8, 4) is 0 Å². The molecular formula is C8H16NOS. The fourth-order valence-corrected chi connectivity index (χ4v) is 1.18. The van der Waals surface area contributed by atoms with Crippen LogP contribution in [0, 0.1) is 5.92 Å². The van der Waals surface area contributed by atoms with Crippen molar-refractivity contribution >= 4 is 17.6 Å². The highest BCUT2D eigenvalue weighted by atomic mass is 32.2. The quantitative estimate of drug-likeness (QED) is 0.575. The van der Waals surface area contributed by atoms with Gasteiger partial charge in [-0.2, -0.15) is 0 Å². The van der Waals surface area contributed by atoms with Crippen molar-refractivity contribution in [3.05, 3.63) is 0 Å². The van der Waals surface area contributed by atoms with Crippen LogP contribution in [0.15, 0.2) is 0 Å². The number of rotatable bonds is 6. The predicted octanol–water partition coefficient (Wildman–Crippen LogP) is 2.07. The van der Waals surface area contributed by atoms with Gasteiger partial charge in [0, 0.05) is 18.5 Å². The minimum atomic E-state index is 0.758. The summed E-state index contributed by atoms with van der Waals surface area (Å²) in [5.41, 5.74) is 1.80. The van der Waals surface area contributed by atoms with Crippen LogP contribution in [0.1, 0.15) is 26.7 Å². The lowest BCUT2D eigenvalue weighted by atomic mass is 10.1. The molecule has 1 radical (unpaired) electrons. The zero-order chi connectivity index (χ0) is 8.69. The minimum Gasteiger partial charge on any atom is -0.276 e. The summed E-state index contributed by atoms with van der Waals surface area (Å²) < 4.78 is 1.91. The van der Waals surface area contributed by atoms with Gasteiger partial charge >= 0.3 is 0 Å². The van der Waals surface area contributed by atoms with Gasteiger partial charge < -0.3 is 0 Å². The van der Waals surface area contributed by atoms with Gasteiger partial charge in [-0.15, -0.1) is 0 Å². The highest BCUT2D eigenvalue weighted by molar-refractivity contribution is 8.09. The molecule has 0 spiro atoms. The highest BCUT2D eigenvalue weighted by Gasteiger charge is 1.99. The van der Waals surface area contributed by atoms with E-state index in [4.69, 9.17) is 0 Å². The molecule has 0 aliphatic heterocycles. The number of carbonyl (C=O) groups excluding carboxylic acids is 1. The molecule has 0 atom stereocenters. The molecule has 0 aromatic rings. The molecule has 0 heterocycles. The Balaban J connectivity index is 3.16. The maximum atomic E-state index is 9.91. The van der Waals surface area contributed by atoms with Crippen molar-refractivity contribution in [3.63, 3.8) is 0 Å². The van der Waals surface area contributed by atoms with Gasteiger partial charge in [-0.05, 0) is 25.8 Å². The second-order valence-electron chi connectivity index (χ2n) is 3.06. The summed E-state index contributed by atoms with van der Waals surface area (Å²) in [5.74, 6) is 0.758. The van der Waals surface area contributed by atoms with E-state index in [0.717, 1.165) is 30.8 Å². The van der Waals surface area contributed by atoms with Crippen molar-refractivity contribution in [2.45, 2.75) is 26.7 Å². The molecule has 0 aliphatic carbocycles. The number of nitrogens with zero attached hydrogens (tertiary/aromatic N) is 1. The van der Waals surface area contributed by atoms with E-state index in [9.17, 15) is 4.79 Å². The first-order valence-corrected chi connectivity index (χ1v) is 4.69. The zero-order valence-corrected chi connectivity index (χ0v) is 8.28. The third-order valence-corrected chi connectivity index (χ3v) is 2.02. The Morgan fingerprint density at radius 1 is 1.55 bits per heavy atom. The molecule has 65 valence electrons. The van der Waals surface area contributed by atoms with Gasteiger partial charge in [-0.3, -0.25) is 4.79 Å². The second kappa shape index (κ2) is 6.68. The van der Waals surface area contributed by atoms with Gasteiger partial charge in [0.25, 0.3) is 5.62 Å². The summed E-state index contributed by atoms with van der Waals surface area (Å²) in [7, 11) is 1.91. The van der Waals surface area contributed by atoms with Crippen molar-refractivity contribution < 1.29 is 4.79 Å². The first kappa shape index (κ1) is 11.0. The first-order valence-electron chi connectivity index (χ1n) is 3.92. The summed E-state index contributed by atoms with van der Waals surface area (Å²) in [5, 5.41) is 0. The van der Waals surface area contributed by atoms with Crippen LogP contribution in [0.3, 0.4) is 0 Å². The predicted molar refractivity (Wildman–Crippen MR) is 50.0 cm³/mol. The van der Waals surface area contributed by atoms with Gasteiger partial charge in [0.2, 0.25) is 0 Å². The third-order valence-electron chi connectivity index (χ3n) is 1.45. The summed E-state index contributed by atoms with van der Waals surface area (Å²) in [4.78, 5) is 9.91. The van der Waals surface area contributed by atoms with Crippen LogP contribution in [-0.4, -0.2) is 23.5 Å². The Morgan fingerprint density at radius 3 is 2.64 bits per heavy atom. The maximum absolute atomic E-state index is 9.91. The van der Waals surface area contributed by atoms with Crippen LogP contribution < -0.4 is 0 Å². The number of hydrogen-bond acceptors (Lipinski definition) is 3. The Morgan fingerprint density at radius 2 is 2.18 bits per heavy atom. The maximum Gasteiger partial charge on any atom is 0.282 e. The Bertz CT molecular complexity index is 106. The minimum absolute atomic E-state index is 0.758. The summed E-state index contributed by atoms with van der Waals surface area (Å²) in [6.45, 7) is 5.38. The molecule has 0 aromatic heterocycles. The molecule has 0 amide bonds. The Hall–Kier alpha value is -0.0200. The van der Waals surface area contributed by atoms with Crippen LogP contribution >= 0.6 is 11.9 Å². The van der Waals surface area contributed by atoms with E-state index in [-0.39, 0.29) is 0 Å². The highest BCUT2D eigenvalue weighted by Crippen LogP contribution is 2.07. The molecule has 0 bridgehead atoms. The lowest BCUT2D eigenvalue weighted by Crippen LogP contribution is -2.11. The Kier molecular flexibility index (Phi) is 6.66. The standard InChI is InChI=1S/C8H16NOS/c1-8(2)5-4-6-9(3)11-7-10/h8H,4-6H2,1-3H3. The normalized spacial score (nSPS) is 11.0. The van der Waals surface area contributed by atoms with Crippen LogP contribution in [0.4, 0.5) is 0 Å². The molecule has 2 nitrogen and oxygen atoms in total. The lowest BCUT2D eigenvalue weighted by Gasteiger charge is -2.11. The smallest absolute Gasteiger partial charge is 0.276 e. The van der Waals surface area contributed by atoms with Gasteiger partial charge in [0.05, 0.1) is 0 Å². The van der Waals surface area contributed by atoms with E-state index >= 15 is 0 Å². The SMILES string of the molecule is CC(C)CCCN(C)S[C]=O. The summed E-state index contributed by atoms with van der Waals surface area (Å²) in [6, 6.07) is 0. The molecule has 0 rings (SSSR count). The van der Waals surface area contributed by atoms with E-state index < -0.39 is 0 Å². The zero-order valence-electron chi connectivity index (χ0n) is 7.46. The van der Waals surface area contributed by atoms with Crippen LogP contribution in [0.2, 0.25) is 0 Å². The molecule has 0 saturated heterocycles. The van der Waals surface area contributed by atoms with E-state index in [1.165, 1.54) is 6.42 Å². The molecule has 11 heavy (non-hydrogen) atoms. The molecule has 0 N–H and O–H groups in total. The van der Waals surface area contributed by atoms with Gasteiger partial charge in [0.1, 0.15) is 0 Å². The van der Waals surface area contributed by atoms with Gasteiger partial charge in [-0.25, -0.2) is 4.31 Å². The largest absolute Gasteiger partial charge is 0.282 e. The van der Waals surface area contributed by atoms with E-state index in [2.05, 4.69) is 13.8 Å². The van der Waals surface area contributed by atoms with Crippen LogP contribution in [-0.2, 0) is 4.79 Å². The molecule has 0 saturated carbocycles. The molecule has 0 aromatic carbocycles. The topological polar surface area (TPSA) is 20.3 Å². The van der Waals surface area contributed by atoms with Crippen molar-refractivity contribution in [1.82, 2.24) is 4.31 Å². The molecule has 0 aliphatic rings. The van der Waals surface area contributed by atoms with Crippen LogP contribution in [0.25, 0.3) is 0 Å². The van der Waals surface area contributed by atoms with E-state index in [1.807, 2.05) is 11.4 Å². The average molecular weight is 174 g/mol. The van der Waals surface area contributed by atoms with Gasteiger partial charge in [-0.1, -0.05) is 13.8 Å². The molecule has 0 fully saturated rings. The Labute approximate surface area is 73.5 Å². The second-order valence-corrected chi connectivity index (χ2v) is 4.03. The summed E-state index contributed by atoms with van der Waals surface area (Å²) >= 11 is 1.11. The molecule has 3 heteroatoms. The van der Waals surface area contributed by atoms with Crippen molar-refractivity contribution in [2.24, 2.45) is 5.92 Å². The van der Waals surface area contributed by atoms with Crippen molar-refractivity contribution in [1.29, 1.82) is 0 Å². The summed E-state index contributed by atoms with van der Waals surface area (Å²) in [6.07, 6.45) is 2.38. The van der Waals surface area contributed by atoms with Gasteiger partial charge in [0.15, 0.2) is 0 Å². The third kappa shape index (κ3) is 7.88. The van der Waals surface area contributed by atoms with E-state index in [1.54, 1.807) is 5.62 Å². The monoisotopic (exact) mass is 174 g/mol. The average Bonchev–Trinajstić information content (AvgIpc) is 1.87. The first-order chi connectivity index (χ1) is 5.16. The number of hydrogen-bond donors (Lipinski definition) is 0. The fraction of sp³-hybridized carbons (Fsp3) is 0.875. The molecular weight excluding hydrogens is 158 g/mol.